The molecule has 3 N–H and O–H groups in total. The van der Waals surface area contributed by atoms with E-state index in [0.29, 0.717) is 6.54 Å². The number of amides is 1. The first-order chi connectivity index (χ1) is 8.35. The summed E-state index contributed by atoms with van der Waals surface area (Å²) in [5.41, 5.74) is 6.88. The van der Waals surface area contributed by atoms with Crippen molar-refractivity contribution >= 4 is 29.7 Å². The van der Waals surface area contributed by atoms with Crippen molar-refractivity contribution in [2.24, 2.45) is 11.7 Å². The van der Waals surface area contributed by atoms with E-state index in [1.165, 1.54) is 16.9 Å². The molecule has 0 fully saturated rings. The van der Waals surface area contributed by atoms with Gasteiger partial charge in [-0.15, -0.1) is 23.7 Å². The van der Waals surface area contributed by atoms with Crippen LogP contribution < -0.4 is 11.1 Å². The molecule has 0 bridgehead atoms. The van der Waals surface area contributed by atoms with Gasteiger partial charge in [-0.05, 0) is 50.7 Å². The van der Waals surface area contributed by atoms with E-state index in [0.717, 1.165) is 23.6 Å². The van der Waals surface area contributed by atoms with Crippen LogP contribution in [0.4, 0.5) is 0 Å². The van der Waals surface area contributed by atoms with E-state index in [1.54, 1.807) is 11.3 Å². The van der Waals surface area contributed by atoms with Crippen LogP contribution in [0.3, 0.4) is 0 Å². The van der Waals surface area contributed by atoms with E-state index in [1.807, 2.05) is 13.8 Å². The number of rotatable bonds is 3. The Morgan fingerprint density at radius 1 is 1.58 bits per heavy atom. The number of fused-ring (bicyclic) bond motifs is 1. The minimum Gasteiger partial charge on any atom is -0.350 e. The van der Waals surface area contributed by atoms with Crippen molar-refractivity contribution in [3.05, 3.63) is 21.4 Å². The summed E-state index contributed by atoms with van der Waals surface area (Å²) in [6.45, 7) is 6.60. The van der Waals surface area contributed by atoms with Gasteiger partial charge >= 0.3 is 0 Å². The van der Waals surface area contributed by atoms with Gasteiger partial charge < -0.3 is 11.1 Å². The first-order valence-corrected chi connectivity index (χ1v) is 7.35. The molecule has 1 amide bonds. The highest BCUT2D eigenvalue weighted by atomic mass is 35.5. The maximum Gasteiger partial charge on any atom is 0.261 e. The summed E-state index contributed by atoms with van der Waals surface area (Å²) in [6, 6.07) is 2.06. The summed E-state index contributed by atoms with van der Waals surface area (Å²) in [4.78, 5) is 14.3. The molecule has 5 heteroatoms. The molecule has 1 aromatic heterocycles. The van der Waals surface area contributed by atoms with Crippen molar-refractivity contribution in [3.8, 4) is 0 Å². The van der Waals surface area contributed by atoms with Crippen molar-refractivity contribution in [2.45, 2.75) is 45.6 Å². The molecular formula is C14H23ClN2OS. The van der Waals surface area contributed by atoms with E-state index in [9.17, 15) is 4.79 Å². The standard InChI is InChI=1S/C14H22N2OS.ClH/c1-9-4-5-11-10(6-9)7-12(18-11)13(17)16-8-14(2,3)15;/h7,9H,4-6,8,15H2,1-3H3,(H,16,17);1H. The molecule has 1 heterocycles. The molecule has 2 rings (SSSR count). The third kappa shape index (κ3) is 4.48. The topological polar surface area (TPSA) is 55.1 Å². The molecule has 1 atom stereocenters. The normalized spacial score (nSPS) is 18.4. The number of carbonyl (C=O) groups is 1. The molecule has 108 valence electrons. The van der Waals surface area contributed by atoms with Crippen LogP contribution in [-0.2, 0) is 12.8 Å². The predicted molar refractivity (Wildman–Crippen MR) is 83.4 cm³/mol. The fourth-order valence-corrected chi connectivity index (χ4v) is 3.34. The van der Waals surface area contributed by atoms with E-state index >= 15 is 0 Å². The second-order valence-corrected chi connectivity index (χ2v) is 7.22. The van der Waals surface area contributed by atoms with Gasteiger partial charge in [-0.1, -0.05) is 6.92 Å². The van der Waals surface area contributed by atoms with Crippen molar-refractivity contribution in [1.29, 1.82) is 0 Å². The van der Waals surface area contributed by atoms with Crippen molar-refractivity contribution in [1.82, 2.24) is 5.32 Å². The van der Waals surface area contributed by atoms with E-state index in [4.69, 9.17) is 5.73 Å². The van der Waals surface area contributed by atoms with E-state index < -0.39 is 0 Å². The van der Waals surface area contributed by atoms with Gasteiger partial charge in [-0.25, -0.2) is 0 Å². The summed E-state index contributed by atoms with van der Waals surface area (Å²) in [7, 11) is 0. The second-order valence-electron chi connectivity index (χ2n) is 6.08. The fourth-order valence-electron chi connectivity index (χ4n) is 2.21. The Hall–Kier alpha value is -0.580. The Kier molecular flexibility index (Phi) is 5.42. The zero-order valence-electron chi connectivity index (χ0n) is 11.8. The van der Waals surface area contributed by atoms with Crippen LogP contribution in [0, 0.1) is 5.92 Å². The third-order valence-corrected chi connectivity index (χ3v) is 4.49. The maximum absolute atomic E-state index is 12.0. The Labute approximate surface area is 125 Å². The molecule has 0 radical (unpaired) electrons. The van der Waals surface area contributed by atoms with Gasteiger partial charge in [0.1, 0.15) is 0 Å². The monoisotopic (exact) mass is 302 g/mol. The number of thiophene rings is 1. The number of nitrogens with one attached hydrogen (secondary N) is 1. The molecule has 3 nitrogen and oxygen atoms in total. The van der Waals surface area contributed by atoms with Crippen molar-refractivity contribution in [3.63, 3.8) is 0 Å². The van der Waals surface area contributed by atoms with Gasteiger partial charge in [-0.2, -0.15) is 0 Å². The SMILES string of the molecule is CC1CCc2sc(C(=O)NCC(C)(C)N)cc2C1.Cl. The molecule has 19 heavy (non-hydrogen) atoms. The zero-order chi connectivity index (χ0) is 13.3. The van der Waals surface area contributed by atoms with Crippen LogP contribution >= 0.6 is 23.7 Å². The minimum atomic E-state index is -0.360. The Morgan fingerprint density at radius 3 is 2.89 bits per heavy atom. The number of halogens is 1. The number of hydrogen-bond donors (Lipinski definition) is 2. The van der Waals surface area contributed by atoms with Gasteiger partial charge in [-0.3, -0.25) is 4.79 Å². The lowest BCUT2D eigenvalue weighted by Crippen LogP contribution is -2.44. The average molecular weight is 303 g/mol. The molecule has 0 aromatic carbocycles. The Morgan fingerprint density at radius 2 is 2.26 bits per heavy atom. The molecular weight excluding hydrogens is 280 g/mol. The van der Waals surface area contributed by atoms with Gasteiger partial charge in [0.05, 0.1) is 4.88 Å². The van der Waals surface area contributed by atoms with Gasteiger partial charge in [0.15, 0.2) is 0 Å². The number of hydrogen-bond acceptors (Lipinski definition) is 3. The van der Waals surface area contributed by atoms with E-state index in [-0.39, 0.29) is 23.9 Å². The van der Waals surface area contributed by atoms with E-state index in [2.05, 4.69) is 18.3 Å². The molecule has 0 saturated carbocycles. The van der Waals surface area contributed by atoms with Crippen LogP contribution in [0.5, 0.6) is 0 Å². The lowest BCUT2D eigenvalue weighted by molar-refractivity contribution is 0.0950. The summed E-state index contributed by atoms with van der Waals surface area (Å²) >= 11 is 1.64. The predicted octanol–water partition coefficient (Wildman–Crippen LogP) is 2.76. The van der Waals surface area contributed by atoms with Gasteiger partial charge in [0, 0.05) is 17.0 Å². The highest BCUT2D eigenvalue weighted by Gasteiger charge is 2.21. The van der Waals surface area contributed by atoms with Crippen LogP contribution in [0.25, 0.3) is 0 Å². The van der Waals surface area contributed by atoms with Gasteiger partial charge in [0.25, 0.3) is 5.91 Å². The lowest BCUT2D eigenvalue weighted by Gasteiger charge is -2.18. The largest absolute Gasteiger partial charge is 0.350 e. The molecule has 1 aliphatic carbocycles. The zero-order valence-corrected chi connectivity index (χ0v) is 13.4. The van der Waals surface area contributed by atoms with Crippen LogP contribution in [0.15, 0.2) is 6.07 Å². The molecule has 1 unspecified atom stereocenters. The quantitative estimate of drug-likeness (QED) is 0.902. The van der Waals surface area contributed by atoms with Crippen molar-refractivity contribution in [2.75, 3.05) is 6.54 Å². The summed E-state index contributed by atoms with van der Waals surface area (Å²) in [5.74, 6) is 0.756. The number of nitrogens with two attached hydrogens (primary N) is 1. The molecule has 0 spiro atoms. The highest BCUT2D eigenvalue weighted by Crippen LogP contribution is 2.32. The minimum absolute atomic E-state index is 0. The maximum atomic E-state index is 12.0. The molecule has 1 aliphatic rings. The smallest absolute Gasteiger partial charge is 0.261 e. The lowest BCUT2D eigenvalue weighted by atomic mass is 9.90. The summed E-state index contributed by atoms with van der Waals surface area (Å²) < 4.78 is 0. The number of aryl methyl sites for hydroxylation is 1. The number of carbonyl (C=O) groups excluding carboxylic acids is 1. The van der Waals surface area contributed by atoms with Gasteiger partial charge in [0.2, 0.25) is 0 Å². The highest BCUT2D eigenvalue weighted by molar-refractivity contribution is 7.14. The summed E-state index contributed by atoms with van der Waals surface area (Å²) in [6.07, 6.45) is 3.47. The second kappa shape index (κ2) is 6.25. The first kappa shape index (κ1) is 16.5. The van der Waals surface area contributed by atoms with Crippen LogP contribution in [-0.4, -0.2) is 18.0 Å². The average Bonchev–Trinajstić information content (AvgIpc) is 2.67. The van der Waals surface area contributed by atoms with Crippen molar-refractivity contribution < 1.29 is 4.79 Å². The fraction of sp³-hybridized carbons (Fsp3) is 0.643. The first-order valence-electron chi connectivity index (χ1n) is 6.54. The summed E-state index contributed by atoms with van der Waals surface area (Å²) in [5, 5.41) is 2.91. The molecule has 0 saturated heterocycles. The Balaban J connectivity index is 0.00000180. The van der Waals surface area contributed by atoms with Crippen LogP contribution in [0.1, 0.15) is 47.3 Å². The molecule has 1 aromatic rings. The van der Waals surface area contributed by atoms with Crippen LogP contribution in [0.2, 0.25) is 0 Å². The molecule has 0 aliphatic heterocycles. The Bertz CT molecular complexity index is 451. The third-order valence-electron chi connectivity index (χ3n) is 3.26.